The number of nitrogens with one attached hydrogen (secondary N) is 1. The smallest absolute Gasteiger partial charge is 0.326 e. The Morgan fingerprint density at radius 3 is 2.60 bits per heavy atom. The molecule has 0 saturated carbocycles. The maximum Gasteiger partial charge on any atom is 0.326 e. The summed E-state index contributed by atoms with van der Waals surface area (Å²) < 4.78 is 10.8. The van der Waals surface area contributed by atoms with Crippen molar-refractivity contribution in [1.29, 1.82) is 0 Å². The Labute approximate surface area is 121 Å². The molecule has 20 heavy (non-hydrogen) atoms. The van der Waals surface area contributed by atoms with E-state index < -0.39 is 6.04 Å². The number of aryl methyl sites for hydroxylation is 2. The van der Waals surface area contributed by atoms with Crippen LogP contribution in [0.2, 0.25) is 0 Å². The van der Waals surface area contributed by atoms with Crippen molar-refractivity contribution >= 4 is 5.97 Å². The zero-order chi connectivity index (χ0) is 15.0. The average molecular weight is 279 g/mol. The van der Waals surface area contributed by atoms with Crippen LogP contribution in [0.25, 0.3) is 0 Å². The zero-order valence-electron chi connectivity index (χ0n) is 12.9. The number of rotatable bonds is 8. The summed E-state index contributed by atoms with van der Waals surface area (Å²) >= 11 is 0. The topological polar surface area (TPSA) is 47.6 Å². The fraction of sp³-hybridized carbons (Fsp3) is 0.562. The monoisotopic (exact) mass is 279 g/mol. The molecule has 0 aliphatic heterocycles. The summed E-state index contributed by atoms with van der Waals surface area (Å²) in [5, 5.41) is 3.15. The average Bonchev–Trinajstić information content (AvgIpc) is 2.43. The van der Waals surface area contributed by atoms with E-state index in [0.29, 0.717) is 6.61 Å². The third-order valence-electron chi connectivity index (χ3n) is 3.11. The largest absolute Gasteiger partial charge is 0.491 e. The van der Waals surface area contributed by atoms with Crippen LogP contribution in [-0.4, -0.2) is 31.8 Å². The molecule has 0 amide bonds. The lowest BCUT2D eigenvalue weighted by molar-refractivity contribution is -0.146. The number of hydrogen-bond donors (Lipinski definition) is 1. The van der Waals surface area contributed by atoms with Gasteiger partial charge in [0.2, 0.25) is 0 Å². The van der Waals surface area contributed by atoms with Crippen LogP contribution >= 0.6 is 0 Å². The molecule has 1 atom stereocenters. The number of benzene rings is 1. The van der Waals surface area contributed by atoms with Crippen molar-refractivity contribution in [3.8, 4) is 5.75 Å². The van der Waals surface area contributed by atoms with Crippen LogP contribution in [0.4, 0.5) is 0 Å². The van der Waals surface area contributed by atoms with Crippen molar-refractivity contribution in [1.82, 2.24) is 5.32 Å². The van der Waals surface area contributed by atoms with Crippen LogP contribution in [0.3, 0.4) is 0 Å². The molecule has 1 unspecified atom stereocenters. The first-order valence-electron chi connectivity index (χ1n) is 7.18. The molecule has 1 N–H and O–H groups in total. The predicted octanol–water partition coefficient (Wildman–Crippen LogP) is 2.61. The third kappa shape index (κ3) is 5.21. The molecule has 0 fully saturated rings. The molecule has 1 rings (SSSR count). The second kappa shape index (κ2) is 8.59. The van der Waals surface area contributed by atoms with Crippen LogP contribution < -0.4 is 10.1 Å². The molecule has 0 bridgehead atoms. The van der Waals surface area contributed by atoms with Crippen molar-refractivity contribution in [2.45, 2.75) is 40.2 Å². The number of hydrogen-bond acceptors (Lipinski definition) is 4. The van der Waals surface area contributed by atoms with E-state index in [2.05, 4.69) is 19.2 Å². The minimum Gasteiger partial charge on any atom is -0.491 e. The molecular formula is C16H25NO3. The molecule has 0 heterocycles. The van der Waals surface area contributed by atoms with E-state index in [-0.39, 0.29) is 12.6 Å². The van der Waals surface area contributed by atoms with Gasteiger partial charge in [-0.05, 0) is 57.0 Å². The third-order valence-corrected chi connectivity index (χ3v) is 3.11. The molecule has 1 aromatic carbocycles. The van der Waals surface area contributed by atoms with E-state index in [0.717, 1.165) is 18.7 Å². The van der Waals surface area contributed by atoms with Crippen molar-refractivity contribution in [2.75, 3.05) is 19.8 Å². The first-order valence-corrected chi connectivity index (χ1v) is 7.18. The van der Waals surface area contributed by atoms with E-state index in [1.165, 1.54) is 11.1 Å². The van der Waals surface area contributed by atoms with E-state index >= 15 is 0 Å². The number of carbonyl (C=O) groups excluding carboxylic acids is 1. The lowest BCUT2D eigenvalue weighted by atomic mass is 10.1. The standard InChI is InChI=1S/C16H25NO3/c1-5-9-17-15(16(18)19-6-2)11-20-14-8-7-12(3)13(4)10-14/h7-8,10,15,17H,5-6,9,11H2,1-4H3. The summed E-state index contributed by atoms with van der Waals surface area (Å²) in [4.78, 5) is 11.8. The summed E-state index contributed by atoms with van der Waals surface area (Å²) in [5.41, 5.74) is 2.40. The SMILES string of the molecule is CCCNC(COc1ccc(C)c(C)c1)C(=O)OCC. The fourth-order valence-corrected chi connectivity index (χ4v) is 1.75. The van der Waals surface area contributed by atoms with Crippen LogP contribution in [0.15, 0.2) is 18.2 Å². The maximum atomic E-state index is 11.8. The Hall–Kier alpha value is -1.55. The van der Waals surface area contributed by atoms with Gasteiger partial charge in [-0.25, -0.2) is 0 Å². The normalized spacial score (nSPS) is 12.0. The van der Waals surface area contributed by atoms with Gasteiger partial charge >= 0.3 is 5.97 Å². The first kappa shape index (κ1) is 16.5. The van der Waals surface area contributed by atoms with Gasteiger partial charge in [0.15, 0.2) is 0 Å². The Morgan fingerprint density at radius 1 is 1.25 bits per heavy atom. The van der Waals surface area contributed by atoms with Gasteiger partial charge in [0.25, 0.3) is 0 Å². The number of esters is 1. The second-order valence-corrected chi connectivity index (χ2v) is 4.82. The lowest BCUT2D eigenvalue weighted by Crippen LogP contribution is -2.43. The summed E-state index contributed by atoms with van der Waals surface area (Å²) in [7, 11) is 0. The van der Waals surface area contributed by atoms with Gasteiger partial charge in [0.1, 0.15) is 18.4 Å². The highest BCUT2D eigenvalue weighted by atomic mass is 16.5. The quantitative estimate of drug-likeness (QED) is 0.743. The molecule has 0 radical (unpaired) electrons. The van der Waals surface area contributed by atoms with Gasteiger partial charge in [0.05, 0.1) is 6.61 Å². The van der Waals surface area contributed by atoms with Crippen molar-refractivity contribution in [3.05, 3.63) is 29.3 Å². The Balaban J connectivity index is 2.60. The second-order valence-electron chi connectivity index (χ2n) is 4.82. The first-order chi connectivity index (χ1) is 9.58. The molecule has 0 aliphatic carbocycles. The molecule has 112 valence electrons. The van der Waals surface area contributed by atoms with E-state index in [9.17, 15) is 4.79 Å². The van der Waals surface area contributed by atoms with Gasteiger partial charge in [-0.1, -0.05) is 13.0 Å². The van der Waals surface area contributed by atoms with Gasteiger partial charge < -0.3 is 14.8 Å². The highest BCUT2D eigenvalue weighted by Gasteiger charge is 2.19. The summed E-state index contributed by atoms with van der Waals surface area (Å²) in [6.07, 6.45) is 0.958. The Bertz CT molecular complexity index is 432. The molecule has 0 aliphatic rings. The molecule has 0 aromatic heterocycles. The summed E-state index contributed by atoms with van der Waals surface area (Å²) in [5.74, 6) is 0.519. The summed E-state index contributed by atoms with van der Waals surface area (Å²) in [6.45, 7) is 9.38. The van der Waals surface area contributed by atoms with Crippen LogP contribution in [-0.2, 0) is 9.53 Å². The molecule has 4 nitrogen and oxygen atoms in total. The minimum atomic E-state index is -0.420. The van der Waals surface area contributed by atoms with Gasteiger partial charge in [-0.3, -0.25) is 4.79 Å². The zero-order valence-corrected chi connectivity index (χ0v) is 12.9. The predicted molar refractivity (Wildman–Crippen MR) is 80.1 cm³/mol. The van der Waals surface area contributed by atoms with E-state index in [1.807, 2.05) is 25.1 Å². The van der Waals surface area contributed by atoms with Crippen molar-refractivity contribution in [3.63, 3.8) is 0 Å². The highest BCUT2D eigenvalue weighted by molar-refractivity contribution is 5.76. The van der Waals surface area contributed by atoms with Gasteiger partial charge in [-0.15, -0.1) is 0 Å². The number of carbonyl (C=O) groups is 1. The summed E-state index contributed by atoms with van der Waals surface area (Å²) in [6, 6.07) is 5.50. The molecule has 0 saturated heterocycles. The van der Waals surface area contributed by atoms with Gasteiger partial charge in [0, 0.05) is 0 Å². The van der Waals surface area contributed by atoms with Crippen molar-refractivity contribution < 1.29 is 14.3 Å². The van der Waals surface area contributed by atoms with Crippen LogP contribution in [0.1, 0.15) is 31.4 Å². The van der Waals surface area contributed by atoms with Crippen molar-refractivity contribution in [2.24, 2.45) is 0 Å². The van der Waals surface area contributed by atoms with E-state index in [1.54, 1.807) is 6.92 Å². The maximum absolute atomic E-state index is 11.8. The van der Waals surface area contributed by atoms with Crippen LogP contribution in [0.5, 0.6) is 5.75 Å². The molecule has 0 spiro atoms. The van der Waals surface area contributed by atoms with Gasteiger partial charge in [-0.2, -0.15) is 0 Å². The fourth-order valence-electron chi connectivity index (χ4n) is 1.75. The minimum absolute atomic E-state index is 0.259. The molecule has 1 aromatic rings. The highest BCUT2D eigenvalue weighted by Crippen LogP contribution is 2.16. The Morgan fingerprint density at radius 2 is 2.00 bits per heavy atom. The Kier molecular flexibility index (Phi) is 7.09. The van der Waals surface area contributed by atoms with Crippen LogP contribution in [0, 0.1) is 13.8 Å². The molecule has 4 heteroatoms. The lowest BCUT2D eigenvalue weighted by Gasteiger charge is -2.18. The number of ether oxygens (including phenoxy) is 2. The molecular weight excluding hydrogens is 254 g/mol. The van der Waals surface area contributed by atoms with E-state index in [4.69, 9.17) is 9.47 Å².